The molecule has 3 saturated heterocycles. The van der Waals surface area contributed by atoms with Crippen LogP contribution < -0.4 is 21.3 Å². The zero-order valence-corrected chi connectivity index (χ0v) is 23.5. The second-order valence-electron chi connectivity index (χ2n) is 12.6. The van der Waals surface area contributed by atoms with Gasteiger partial charge in [0.2, 0.25) is 5.91 Å². The van der Waals surface area contributed by atoms with Crippen molar-refractivity contribution in [3.8, 4) is 0 Å². The number of ether oxygens (including phenoxy) is 1. The molecule has 5 aliphatic rings. The Morgan fingerprint density at radius 1 is 1.24 bits per heavy atom. The molecule has 9 unspecified atom stereocenters. The van der Waals surface area contributed by atoms with E-state index in [0.717, 1.165) is 58.8 Å². The maximum absolute atomic E-state index is 13.3. The summed E-state index contributed by atoms with van der Waals surface area (Å²) in [4.78, 5) is 15.7. The van der Waals surface area contributed by atoms with Crippen LogP contribution in [0.2, 0.25) is 0 Å². The fraction of sp³-hybridized carbons (Fsp3) is 0.963. The number of amides is 1. The zero-order chi connectivity index (χ0) is 26.0. The van der Waals surface area contributed by atoms with Crippen LogP contribution in [0.5, 0.6) is 0 Å². The monoisotopic (exact) mass is 539 g/mol. The first-order chi connectivity index (χ1) is 17.8. The third-order valence-electron chi connectivity index (χ3n) is 10.4. The third kappa shape index (κ3) is 5.87. The number of carbonyl (C=O) groups is 1. The van der Waals surface area contributed by atoms with Crippen LogP contribution in [0.1, 0.15) is 52.4 Å². The molecule has 10 heteroatoms. The van der Waals surface area contributed by atoms with Crippen LogP contribution >= 0.6 is 11.8 Å². The summed E-state index contributed by atoms with van der Waals surface area (Å²) >= 11 is 1.96. The molecule has 2 aliphatic carbocycles. The van der Waals surface area contributed by atoms with Crippen LogP contribution in [-0.2, 0) is 9.53 Å². The average molecular weight is 540 g/mol. The maximum Gasteiger partial charge on any atom is 0.220 e. The molecule has 9 atom stereocenters. The van der Waals surface area contributed by atoms with Crippen molar-refractivity contribution in [1.29, 1.82) is 0 Å². The Morgan fingerprint density at radius 2 is 2.05 bits per heavy atom. The van der Waals surface area contributed by atoms with Crippen LogP contribution in [0.3, 0.4) is 0 Å². The summed E-state index contributed by atoms with van der Waals surface area (Å²) in [6, 6.07) is 0.701. The van der Waals surface area contributed by atoms with E-state index in [1.807, 2.05) is 11.8 Å². The highest BCUT2D eigenvalue weighted by Gasteiger charge is 2.62. The van der Waals surface area contributed by atoms with Gasteiger partial charge in [0.15, 0.2) is 0 Å². The Kier molecular flexibility index (Phi) is 9.08. The molecule has 0 aromatic rings. The number of carbonyl (C=O) groups excluding carboxylic acids is 1. The highest BCUT2D eigenvalue weighted by Crippen LogP contribution is 2.63. The number of morpholine rings is 1. The molecule has 1 amide bonds. The van der Waals surface area contributed by atoms with E-state index < -0.39 is 11.5 Å². The lowest BCUT2D eigenvalue weighted by Gasteiger charge is -2.61. The Bertz CT molecular complexity index is 782. The summed E-state index contributed by atoms with van der Waals surface area (Å²) in [6.45, 7) is 11.4. The van der Waals surface area contributed by atoms with E-state index in [2.05, 4.69) is 40.0 Å². The molecule has 212 valence electrons. The number of nitrogens with one attached hydrogen (secondary N) is 4. The zero-order valence-electron chi connectivity index (χ0n) is 22.7. The molecule has 0 bridgehead atoms. The first-order valence-electron chi connectivity index (χ1n) is 14.6. The predicted molar refractivity (Wildman–Crippen MR) is 146 cm³/mol. The molecule has 2 saturated carbocycles. The number of aliphatic hydroxyl groups excluding tert-OH is 2. The van der Waals surface area contributed by atoms with Gasteiger partial charge in [-0.3, -0.25) is 20.3 Å². The normalized spacial score (nSPS) is 44.7. The van der Waals surface area contributed by atoms with Crippen LogP contribution in [0.4, 0.5) is 0 Å². The molecule has 9 nitrogen and oxygen atoms in total. The van der Waals surface area contributed by atoms with Crippen LogP contribution in [0.25, 0.3) is 0 Å². The van der Waals surface area contributed by atoms with Gasteiger partial charge in [-0.15, -0.1) is 11.8 Å². The van der Waals surface area contributed by atoms with Gasteiger partial charge in [0.05, 0.1) is 25.9 Å². The second-order valence-corrected chi connectivity index (χ2v) is 13.9. The summed E-state index contributed by atoms with van der Waals surface area (Å²) in [5.41, 5.74) is -0.489. The van der Waals surface area contributed by atoms with E-state index in [0.29, 0.717) is 30.7 Å². The van der Waals surface area contributed by atoms with Crippen molar-refractivity contribution in [2.75, 3.05) is 59.1 Å². The van der Waals surface area contributed by atoms with Gasteiger partial charge in [0.25, 0.3) is 0 Å². The largest absolute Gasteiger partial charge is 0.396 e. The van der Waals surface area contributed by atoms with Gasteiger partial charge in [-0.25, -0.2) is 0 Å². The number of aliphatic hydroxyl groups is 2. The third-order valence-corrected chi connectivity index (χ3v) is 11.8. The summed E-state index contributed by atoms with van der Waals surface area (Å²) in [5.74, 6) is 0.447. The summed E-state index contributed by atoms with van der Waals surface area (Å²) in [7, 11) is 0. The van der Waals surface area contributed by atoms with Gasteiger partial charge in [0.1, 0.15) is 5.50 Å². The number of fused-ring (bicyclic) bond motifs is 2. The van der Waals surface area contributed by atoms with Gasteiger partial charge in [-0.1, -0.05) is 13.8 Å². The highest BCUT2D eigenvalue weighted by atomic mass is 32.2. The van der Waals surface area contributed by atoms with Crippen LogP contribution in [0.15, 0.2) is 0 Å². The number of hydrogen-bond donors (Lipinski definition) is 6. The smallest absolute Gasteiger partial charge is 0.220 e. The first-order valence-corrected chi connectivity index (χ1v) is 15.5. The fourth-order valence-corrected chi connectivity index (χ4v) is 9.64. The molecule has 0 spiro atoms. The molecule has 3 aliphatic heterocycles. The van der Waals surface area contributed by atoms with Crippen molar-refractivity contribution in [2.45, 2.75) is 81.3 Å². The molecule has 6 N–H and O–H groups in total. The molecule has 0 aromatic carbocycles. The Hall–Kier alpha value is -0.460. The standard InChI is InChI=1S/C27H49N5O4S/c1-26-6-5-22(34)27(2,17-33)21(26)15-20-24(31-25(37-20)30-18-4-3-7-28-16-18)19(26)14-23(35)29-8-9-32-10-12-36-13-11-32/h18-22,24-25,28,30-31,33-34H,3-17H2,1-2H3,(H,29,35). The van der Waals surface area contributed by atoms with Crippen molar-refractivity contribution in [1.82, 2.24) is 26.2 Å². The van der Waals surface area contributed by atoms with Gasteiger partial charge in [0, 0.05) is 61.9 Å². The van der Waals surface area contributed by atoms with E-state index in [4.69, 9.17) is 4.74 Å². The van der Waals surface area contributed by atoms with E-state index in [9.17, 15) is 15.0 Å². The number of thioether (sulfide) groups is 1. The van der Waals surface area contributed by atoms with Crippen molar-refractivity contribution in [3.05, 3.63) is 0 Å². The number of nitrogens with zero attached hydrogens (tertiary/aromatic N) is 1. The van der Waals surface area contributed by atoms with Crippen molar-refractivity contribution in [3.63, 3.8) is 0 Å². The minimum Gasteiger partial charge on any atom is -0.396 e. The molecular weight excluding hydrogens is 490 g/mol. The summed E-state index contributed by atoms with van der Waals surface area (Å²) in [6.07, 6.45) is 4.90. The van der Waals surface area contributed by atoms with E-state index in [-0.39, 0.29) is 41.3 Å². The molecule has 0 radical (unpaired) electrons. The van der Waals surface area contributed by atoms with Crippen molar-refractivity contribution in [2.24, 2.45) is 22.7 Å². The topological polar surface area (TPSA) is 118 Å². The molecule has 5 fully saturated rings. The molecular formula is C27H49N5O4S. The lowest BCUT2D eigenvalue weighted by Crippen LogP contribution is -2.64. The Labute approximate surface area is 226 Å². The number of rotatable bonds is 8. The first kappa shape index (κ1) is 28.1. The van der Waals surface area contributed by atoms with Gasteiger partial charge < -0.3 is 25.6 Å². The average Bonchev–Trinajstić information content (AvgIpc) is 3.31. The minimum absolute atomic E-state index is 0.0161. The fourth-order valence-electron chi connectivity index (χ4n) is 8.04. The van der Waals surface area contributed by atoms with Gasteiger partial charge in [-0.2, -0.15) is 0 Å². The van der Waals surface area contributed by atoms with E-state index in [1.165, 1.54) is 12.8 Å². The van der Waals surface area contributed by atoms with Gasteiger partial charge in [-0.05, 0) is 55.9 Å². The molecule has 5 rings (SSSR count). The summed E-state index contributed by atoms with van der Waals surface area (Å²) in [5, 5.41) is 36.3. The van der Waals surface area contributed by atoms with Crippen molar-refractivity contribution >= 4 is 17.7 Å². The maximum atomic E-state index is 13.3. The SMILES string of the molecule is CC1(CO)C(O)CCC2(C)C(CC(=O)NCCN3CCOCC3)C3NC(NC4CCCNC4)SC3CC12. The molecule has 37 heavy (non-hydrogen) atoms. The van der Waals surface area contributed by atoms with Crippen LogP contribution in [0, 0.1) is 22.7 Å². The lowest BCUT2D eigenvalue weighted by molar-refractivity contribution is -0.167. The molecule has 0 aromatic heterocycles. The van der Waals surface area contributed by atoms with Gasteiger partial charge >= 0.3 is 0 Å². The Morgan fingerprint density at radius 3 is 2.78 bits per heavy atom. The predicted octanol–water partition coefficient (Wildman–Crippen LogP) is 0.319. The summed E-state index contributed by atoms with van der Waals surface area (Å²) < 4.78 is 5.44. The number of piperidine rings is 1. The minimum atomic E-state index is -0.539. The van der Waals surface area contributed by atoms with Crippen molar-refractivity contribution < 1.29 is 19.7 Å². The lowest BCUT2D eigenvalue weighted by atomic mass is 9.46. The number of hydrogen-bond acceptors (Lipinski definition) is 9. The van der Waals surface area contributed by atoms with E-state index >= 15 is 0 Å². The quantitative estimate of drug-likeness (QED) is 0.259. The highest BCUT2D eigenvalue weighted by molar-refractivity contribution is 8.00. The second kappa shape index (κ2) is 12.0. The molecule has 3 heterocycles. The van der Waals surface area contributed by atoms with Crippen LogP contribution in [-0.4, -0.2) is 109 Å². The Balaban J connectivity index is 1.29. The van der Waals surface area contributed by atoms with E-state index in [1.54, 1.807) is 0 Å².